The third-order valence-corrected chi connectivity index (χ3v) is 1.76. The van der Waals surface area contributed by atoms with E-state index < -0.39 is 0 Å². The average Bonchev–Trinajstić information content (AvgIpc) is 2.13. The van der Waals surface area contributed by atoms with E-state index in [9.17, 15) is 0 Å². The van der Waals surface area contributed by atoms with Crippen molar-refractivity contribution in [1.29, 1.82) is 0 Å². The van der Waals surface area contributed by atoms with Crippen LogP contribution in [0.15, 0.2) is 12.1 Å². The minimum absolute atomic E-state index is 0.234. The number of thiophene rings is 1. The summed E-state index contributed by atoms with van der Waals surface area (Å²) in [6, 6.07) is 3.74. The molecule has 10 heavy (non-hydrogen) atoms. The monoisotopic (exact) mass is 157 g/mol. The van der Waals surface area contributed by atoms with Gasteiger partial charge in [0.05, 0.1) is 11.1 Å². The highest BCUT2D eigenvalue weighted by Crippen LogP contribution is 2.26. The number of hydrogen-bond acceptors (Lipinski definition) is 3. The Kier molecular flexibility index (Phi) is 2.17. The van der Waals surface area contributed by atoms with Crippen molar-refractivity contribution in [2.45, 2.75) is 20.0 Å². The van der Waals surface area contributed by atoms with Crippen LogP contribution in [0.1, 0.15) is 13.8 Å². The molecule has 0 amide bonds. The van der Waals surface area contributed by atoms with Crippen LogP contribution in [0.3, 0.4) is 0 Å². The van der Waals surface area contributed by atoms with Crippen LogP contribution in [0.25, 0.3) is 0 Å². The molecule has 0 fully saturated rings. The third-order valence-electron chi connectivity index (χ3n) is 0.954. The van der Waals surface area contributed by atoms with E-state index >= 15 is 0 Å². The van der Waals surface area contributed by atoms with Crippen molar-refractivity contribution in [2.24, 2.45) is 0 Å². The average molecular weight is 157 g/mol. The maximum absolute atomic E-state index is 5.49. The van der Waals surface area contributed by atoms with Crippen molar-refractivity contribution >= 4 is 16.3 Å². The summed E-state index contributed by atoms with van der Waals surface area (Å²) >= 11 is 1.47. The smallest absolute Gasteiger partial charge is 0.176 e. The Balaban J connectivity index is 2.58. The molecule has 1 rings (SSSR count). The molecule has 0 spiro atoms. The third kappa shape index (κ3) is 1.92. The minimum atomic E-state index is 0.234. The molecule has 0 bridgehead atoms. The summed E-state index contributed by atoms with van der Waals surface area (Å²) in [5.41, 5.74) is 5.49. The van der Waals surface area contributed by atoms with E-state index in [1.807, 2.05) is 26.0 Å². The number of ether oxygens (including phenoxy) is 1. The lowest BCUT2D eigenvalue weighted by molar-refractivity contribution is 0.250. The minimum Gasteiger partial charge on any atom is -0.481 e. The van der Waals surface area contributed by atoms with Gasteiger partial charge >= 0.3 is 0 Å². The zero-order valence-electron chi connectivity index (χ0n) is 6.13. The zero-order chi connectivity index (χ0) is 7.56. The van der Waals surface area contributed by atoms with Gasteiger partial charge in [0.2, 0.25) is 0 Å². The van der Waals surface area contributed by atoms with Gasteiger partial charge in [0.1, 0.15) is 0 Å². The lowest BCUT2D eigenvalue weighted by atomic mass is 10.5. The van der Waals surface area contributed by atoms with Crippen LogP contribution in [0.2, 0.25) is 0 Å². The second kappa shape index (κ2) is 2.92. The Bertz CT molecular complexity index is 207. The summed E-state index contributed by atoms with van der Waals surface area (Å²) in [6.07, 6.45) is 0.234. The van der Waals surface area contributed by atoms with Gasteiger partial charge in [-0.1, -0.05) is 11.3 Å². The highest BCUT2D eigenvalue weighted by atomic mass is 32.1. The Morgan fingerprint density at radius 2 is 2.20 bits per heavy atom. The predicted molar refractivity (Wildman–Crippen MR) is 44.5 cm³/mol. The highest BCUT2D eigenvalue weighted by molar-refractivity contribution is 7.17. The van der Waals surface area contributed by atoms with Gasteiger partial charge in [0, 0.05) is 0 Å². The first-order chi connectivity index (χ1) is 4.68. The van der Waals surface area contributed by atoms with Gasteiger partial charge < -0.3 is 10.5 Å². The summed E-state index contributed by atoms with van der Waals surface area (Å²) < 4.78 is 5.37. The van der Waals surface area contributed by atoms with E-state index in [1.165, 1.54) is 11.3 Å². The van der Waals surface area contributed by atoms with Crippen molar-refractivity contribution in [3.63, 3.8) is 0 Å². The number of nitrogens with two attached hydrogens (primary N) is 1. The molecule has 1 aromatic rings. The van der Waals surface area contributed by atoms with Crippen LogP contribution in [-0.2, 0) is 0 Å². The number of nitrogen functional groups attached to an aromatic ring is 1. The van der Waals surface area contributed by atoms with E-state index in [4.69, 9.17) is 10.5 Å². The van der Waals surface area contributed by atoms with Gasteiger partial charge in [-0.3, -0.25) is 0 Å². The molecule has 0 radical (unpaired) electrons. The normalized spacial score (nSPS) is 10.3. The van der Waals surface area contributed by atoms with Crippen LogP contribution in [0.5, 0.6) is 5.06 Å². The van der Waals surface area contributed by atoms with Crippen molar-refractivity contribution < 1.29 is 4.74 Å². The number of anilines is 1. The van der Waals surface area contributed by atoms with Crippen LogP contribution in [-0.4, -0.2) is 6.10 Å². The maximum atomic E-state index is 5.49. The topological polar surface area (TPSA) is 35.2 Å². The van der Waals surface area contributed by atoms with Crippen LogP contribution >= 0.6 is 11.3 Å². The largest absolute Gasteiger partial charge is 0.481 e. The molecule has 2 N–H and O–H groups in total. The molecule has 0 aliphatic heterocycles. The predicted octanol–water partition coefficient (Wildman–Crippen LogP) is 2.12. The lowest BCUT2D eigenvalue weighted by Gasteiger charge is -2.04. The van der Waals surface area contributed by atoms with Gasteiger partial charge in [-0.05, 0) is 26.0 Å². The Morgan fingerprint density at radius 3 is 2.60 bits per heavy atom. The maximum Gasteiger partial charge on any atom is 0.176 e. The van der Waals surface area contributed by atoms with Gasteiger partial charge in [-0.25, -0.2) is 0 Å². The quantitative estimate of drug-likeness (QED) is 0.713. The Labute approximate surface area is 64.6 Å². The zero-order valence-corrected chi connectivity index (χ0v) is 6.94. The molecule has 0 aliphatic rings. The fraction of sp³-hybridized carbons (Fsp3) is 0.429. The first-order valence-electron chi connectivity index (χ1n) is 3.20. The van der Waals surface area contributed by atoms with Gasteiger partial charge in [0.25, 0.3) is 0 Å². The van der Waals surface area contributed by atoms with E-state index in [2.05, 4.69) is 0 Å². The highest BCUT2D eigenvalue weighted by Gasteiger charge is 1.98. The lowest BCUT2D eigenvalue weighted by Crippen LogP contribution is -2.03. The Hall–Kier alpha value is -0.700. The molecule has 56 valence electrons. The second-order valence-corrected chi connectivity index (χ2v) is 3.40. The summed E-state index contributed by atoms with van der Waals surface area (Å²) in [5, 5.41) is 1.70. The van der Waals surface area contributed by atoms with Crippen molar-refractivity contribution in [1.82, 2.24) is 0 Å². The van der Waals surface area contributed by atoms with Crippen LogP contribution < -0.4 is 10.5 Å². The van der Waals surface area contributed by atoms with Crippen molar-refractivity contribution in [3.05, 3.63) is 12.1 Å². The molecule has 2 nitrogen and oxygen atoms in total. The fourth-order valence-corrected chi connectivity index (χ4v) is 1.38. The molecule has 0 saturated heterocycles. The molecular weight excluding hydrogens is 146 g/mol. The first-order valence-corrected chi connectivity index (χ1v) is 4.02. The Morgan fingerprint density at radius 1 is 1.50 bits per heavy atom. The van der Waals surface area contributed by atoms with E-state index in [-0.39, 0.29) is 6.10 Å². The SMILES string of the molecule is CC(C)Oc1ccc(N)s1. The number of rotatable bonds is 2. The molecule has 1 heterocycles. The van der Waals surface area contributed by atoms with E-state index in [0.717, 1.165) is 10.1 Å². The van der Waals surface area contributed by atoms with Crippen LogP contribution in [0.4, 0.5) is 5.00 Å². The standard InChI is InChI=1S/C7H11NOS/c1-5(2)9-7-4-3-6(8)10-7/h3-5H,8H2,1-2H3. The molecule has 0 saturated carbocycles. The summed E-state index contributed by atoms with van der Waals surface area (Å²) in [6.45, 7) is 3.99. The molecular formula is C7H11NOS. The van der Waals surface area contributed by atoms with E-state index in [0.29, 0.717) is 0 Å². The molecule has 0 atom stereocenters. The summed E-state index contributed by atoms with van der Waals surface area (Å²) in [4.78, 5) is 0. The van der Waals surface area contributed by atoms with Gasteiger partial charge in [0.15, 0.2) is 5.06 Å². The summed E-state index contributed by atoms with van der Waals surface area (Å²) in [5.74, 6) is 0. The van der Waals surface area contributed by atoms with E-state index in [1.54, 1.807) is 0 Å². The molecule has 0 aliphatic carbocycles. The molecule has 3 heteroatoms. The van der Waals surface area contributed by atoms with Crippen LogP contribution in [0, 0.1) is 0 Å². The number of hydrogen-bond donors (Lipinski definition) is 1. The van der Waals surface area contributed by atoms with Gasteiger partial charge in [-0.2, -0.15) is 0 Å². The summed E-state index contributed by atoms with van der Waals surface area (Å²) in [7, 11) is 0. The first kappa shape index (κ1) is 7.41. The van der Waals surface area contributed by atoms with Crippen molar-refractivity contribution in [3.8, 4) is 5.06 Å². The molecule has 0 aromatic carbocycles. The second-order valence-electron chi connectivity index (χ2n) is 2.32. The van der Waals surface area contributed by atoms with Gasteiger partial charge in [-0.15, -0.1) is 0 Å². The van der Waals surface area contributed by atoms with Crippen molar-refractivity contribution in [2.75, 3.05) is 5.73 Å². The molecule has 1 aromatic heterocycles. The fourth-order valence-electron chi connectivity index (χ4n) is 0.630. The molecule has 0 unspecified atom stereocenters.